The summed E-state index contributed by atoms with van der Waals surface area (Å²) in [7, 11) is 0. The molecule has 0 aliphatic carbocycles. The molecule has 0 atom stereocenters. The van der Waals surface area contributed by atoms with E-state index >= 15 is 0 Å². The Kier molecular flexibility index (Phi) is 4.07. The largest absolute Gasteiger partial charge is 0.478 e. The van der Waals surface area contributed by atoms with E-state index in [-0.39, 0.29) is 5.57 Å². The summed E-state index contributed by atoms with van der Waals surface area (Å²) in [6, 6.07) is 21.1. The normalized spacial score (nSPS) is 11.6. The van der Waals surface area contributed by atoms with Crippen LogP contribution in [-0.4, -0.2) is 11.1 Å². The topological polar surface area (TPSA) is 37.3 Å². The van der Waals surface area contributed by atoms with E-state index in [1.54, 1.807) is 6.08 Å². The number of benzene rings is 3. The zero-order valence-electron chi connectivity index (χ0n) is 11.7. The molecule has 0 amide bonds. The van der Waals surface area contributed by atoms with Crippen molar-refractivity contribution in [2.45, 2.75) is 0 Å². The van der Waals surface area contributed by atoms with E-state index in [0.717, 1.165) is 20.8 Å². The highest BCUT2D eigenvalue weighted by Crippen LogP contribution is 2.33. The number of carboxylic acids is 1. The molecule has 3 aromatic carbocycles. The first-order valence-electron chi connectivity index (χ1n) is 6.84. The lowest BCUT2D eigenvalue weighted by Gasteiger charge is -2.10. The second kappa shape index (κ2) is 6.16. The third kappa shape index (κ3) is 2.81. The van der Waals surface area contributed by atoms with E-state index in [1.165, 1.54) is 0 Å². The fourth-order valence-electron chi connectivity index (χ4n) is 2.48. The van der Waals surface area contributed by atoms with E-state index in [9.17, 15) is 9.90 Å². The Hall–Kier alpha value is -2.39. The molecule has 108 valence electrons. The number of aliphatic carboxylic acids is 1. The Morgan fingerprint density at radius 3 is 2.32 bits per heavy atom. The molecular weight excluding hydrogens is 340 g/mol. The highest BCUT2D eigenvalue weighted by atomic mass is 79.9. The van der Waals surface area contributed by atoms with Crippen LogP contribution in [0.2, 0.25) is 0 Å². The van der Waals surface area contributed by atoms with Gasteiger partial charge < -0.3 is 5.11 Å². The van der Waals surface area contributed by atoms with Gasteiger partial charge in [0.05, 0.1) is 5.57 Å². The average Bonchev–Trinajstić information content (AvgIpc) is 2.54. The maximum absolute atomic E-state index is 11.8. The van der Waals surface area contributed by atoms with Crippen molar-refractivity contribution in [1.29, 1.82) is 0 Å². The molecule has 0 saturated carbocycles. The molecule has 0 fully saturated rings. The Morgan fingerprint density at radius 2 is 1.59 bits per heavy atom. The smallest absolute Gasteiger partial charge is 0.336 e. The SMILES string of the molecule is O=C(O)C(=Cc1ccccc1)c1c(Br)ccc2ccccc12. The van der Waals surface area contributed by atoms with Crippen LogP contribution < -0.4 is 0 Å². The van der Waals surface area contributed by atoms with Crippen molar-refractivity contribution in [3.63, 3.8) is 0 Å². The van der Waals surface area contributed by atoms with Crippen molar-refractivity contribution in [3.8, 4) is 0 Å². The quantitative estimate of drug-likeness (QED) is 0.517. The molecule has 0 heterocycles. The van der Waals surface area contributed by atoms with Gasteiger partial charge in [-0.05, 0) is 28.5 Å². The van der Waals surface area contributed by atoms with Gasteiger partial charge in [0, 0.05) is 10.0 Å². The fourth-order valence-corrected chi connectivity index (χ4v) is 3.03. The van der Waals surface area contributed by atoms with Crippen molar-refractivity contribution in [1.82, 2.24) is 0 Å². The molecular formula is C19H13BrO2. The Balaban J connectivity index is 2.28. The van der Waals surface area contributed by atoms with Crippen LogP contribution in [0.5, 0.6) is 0 Å². The highest BCUT2D eigenvalue weighted by Gasteiger charge is 2.16. The summed E-state index contributed by atoms with van der Waals surface area (Å²) in [6.07, 6.45) is 1.70. The van der Waals surface area contributed by atoms with Crippen LogP contribution in [0.4, 0.5) is 0 Å². The number of hydrogen-bond donors (Lipinski definition) is 1. The summed E-state index contributed by atoms with van der Waals surface area (Å²) in [5, 5.41) is 11.6. The fraction of sp³-hybridized carbons (Fsp3) is 0. The molecule has 0 saturated heterocycles. The predicted molar refractivity (Wildman–Crippen MR) is 93.6 cm³/mol. The first-order valence-corrected chi connectivity index (χ1v) is 7.64. The van der Waals surface area contributed by atoms with Gasteiger partial charge in [-0.25, -0.2) is 4.79 Å². The molecule has 3 rings (SSSR count). The summed E-state index contributed by atoms with van der Waals surface area (Å²) in [6.45, 7) is 0. The van der Waals surface area contributed by atoms with Gasteiger partial charge in [0.15, 0.2) is 0 Å². The molecule has 2 nitrogen and oxygen atoms in total. The monoisotopic (exact) mass is 352 g/mol. The van der Waals surface area contributed by atoms with Gasteiger partial charge in [0.1, 0.15) is 0 Å². The summed E-state index contributed by atoms with van der Waals surface area (Å²) >= 11 is 3.50. The van der Waals surface area contributed by atoms with E-state index in [0.29, 0.717) is 5.56 Å². The molecule has 3 aromatic rings. The van der Waals surface area contributed by atoms with Crippen LogP contribution in [0, 0.1) is 0 Å². The molecule has 3 heteroatoms. The van der Waals surface area contributed by atoms with Gasteiger partial charge in [-0.1, -0.05) is 76.6 Å². The Bertz CT molecular complexity index is 867. The first-order chi connectivity index (χ1) is 10.7. The summed E-state index contributed by atoms with van der Waals surface area (Å²) in [5.41, 5.74) is 1.84. The number of hydrogen-bond acceptors (Lipinski definition) is 1. The van der Waals surface area contributed by atoms with Crippen molar-refractivity contribution in [2.24, 2.45) is 0 Å². The molecule has 0 aromatic heterocycles. The standard InChI is InChI=1S/C19H13BrO2/c20-17-11-10-14-8-4-5-9-15(14)18(17)16(19(21)22)12-13-6-2-1-3-7-13/h1-12H,(H,21,22). The van der Waals surface area contributed by atoms with Gasteiger partial charge in [-0.3, -0.25) is 0 Å². The molecule has 0 unspecified atom stereocenters. The Morgan fingerprint density at radius 1 is 0.909 bits per heavy atom. The van der Waals surface area contributed by atoms with Crippen LogP contribution in [0.3, 0.4) is 0 Å². The van der Waals surface area contributed by atoms with Crippen LogP contribution in [0.15, 0.2) is 71.2 Å². The van der Waals surface area contributed by atoms with Crippen molar-refractivity contribution < 1.29 is 9.90 Å². The minimum atomic E-state index is -0.944. The lowest BCUT2D eigenvalue weighted by molar-refractivity contribution is -0.130. The second-order valence-corrected chi connectivity index (χ2v) is 5.77. The van der Waals surface area contributed by atoms with Crippen molar-refractivity contribution in [2.75, 3.05) is 0 Å². The summed E-state index contributed by atoms with van der Waals surface area (Å²) in [5.74, 6) is -0.944. The average molecular weight is 353 g/mol. The summed E-state index contributed by atoms with van der Waals surface area (Å²) in [4.78, 5) is 11.8. The zero-order valence-corrected chi connectivity index (χ0v) is 13.2. The van der Waals surface area contributed by atoms with Gasteiger partial charge in [-0.15, -0.1) is 0 Å². The molecule has 22 heavy (non-hydrogen) atoms. The van der Waals surface area contributed by atoms with Gasteiger partial charge in [-0.2, -0.15) is 0 Å². The van der Waals surface area contributed by atoms with Crippen molar-refractivity contribution >= 4 is 44.3 Å². The van der Waals surface area contributed by atoms with Crippen LogP contribution in [0.1, 0.15) is 11.1 Å². The predicted octanol–water partition coefficient (Wildman–Crippen LogP) is 5.23. The second-order valence-electron chi connectivity index (χ2n) is 4.92. The summed E-state index contributed by atoms with van der Waals surface area (Å²) < 4.78 is 0.774. The van der Waals surface area contributed by atoms with Crippen LogP contribution >= 0.6 is 15.9 Å². The minimum absolute atomic E-state index is 0.273. The van der Waals surface area contributed by atoms with Crippen LogP contribution in [0.25, 0.3) is 22.4 Å². The number of carboxylic acid groups (broad SMARTS) is 1. The number of halogens is 1. The Labute approximate surface area is 136 Å². The number of rotatable bonds is 3. The third-order valence-electron chi connectivity index (χ3n) is 3.49. The minimum Gasteiger partial charge on any atom is -0.478 e. The molecule has 1 N–H and O–H groups in total. The molecule has 0 aliphatic heterocycles. The third-order valence-corrected chi connectivity index (χ3v) is 4.15. The lowest BCUT2D eigenvalue weighted by Crippen LogP contribution is -2.01. The van der Waals surface area contributed by atoms with E-state index in [2.05, 4.69) is 15.9 Å². The first kappa shape index (κ1) is 14.5. The van der Waals surface area contributed by atoms with Crippen molar-refractivity contribution in [3.05, 3.63) is 82.3 Å². The van der Waals surface area contributed by atoms with Gasteiger partial charge in [0.2, 0.25) is 0 Å². The van der Waals surface area contributed by atoms with E-state index in [1.807, 2.05) is 66.7 Å². The zero-order chi connectivity index (χ0) is 15.5. The molecule has 0 radical (unpaired) electrons. The van der Waals surface area contributed by atoms with E-state index in [4.69, 9.17) is 0 Å². The van der Waals surface area contributed by atoms with Gasteiger partial charge >= 0.3 is 5.97 Å². The highest BCUT2D eigenvalue weighted by molar-refractivity contribution is 9.10. The van der Waals surface area contributed by atoms with Crippen LogP contribution in [-0.2, 0) is 4.79 Å². The lowest BCUT2D eigenvalue weighted by atomic mass is 9.96. The maximum atomic E-state index is 11.8. The molecule has 0 bridgehead atoms. The number of fused-ring (bicyclic) bond motifs is 1. The number of carbonyl (C=O) groups is 1. The molecule has 0 aliphatic rings. The van der Waals surface area contributed by atoms with E-state index < -0.39 is 5.97 Å². The molecule has 0 spiro atoms. The van der Waals surface area contributed by atoms with Gasteiger partial charge in [0.25, 0.3) is 0 Å². The maximum Gasteiger partial charge on any atom is 0.336 e.